The molecule has 2 aromatic rings. The summed E-state index contributed by atoms with van der Waals surface area (Å²) in [7, 11) is 0. The average Bonchev–Trinajstić information content (AvgIpc) is 2.88. The van der Waals surface area contributed by atoms with Gasteiger partial charge in [0.05, 0.1) is 4.88 Å². The minimum Gasteiger partial charge on any atom is -0.384 e. The van der Waals surface area contributed by atoms with Gasteiger partial charge in [0.15, 0.2) is 5.13 Å². The van der Waals surface area contributed by atoms with Crippen molar-refractivity contribution in [3.63, 3.8) is 0 Å². The van der Waals surface area contributed by atoms with E-state index in [1.807, 2.05) is 6.07 Å². The number of benzene rings is 1. The van der Waals surface area contributed by atoms with Crippen molar-refractivity contribution in [3.05, 3.63) is 47.0 Å². The first-order chi connectivity index (χ1) is 9.17. The largest absolute Gasteiger partial charge is 0.384 e. The van der Waals surface area contributed by atoms with Crippen LogP contribution in [0.15, 0.2) is 36.5 Å². The molecular formula is C15H18N2OS. The second kappa shape index (κ2) is 4.94. The molecule has 3 N–H and O–H groups in total. The van der Waals surface area contributed by atoms with Crippen LogP contribution in [0, 0.1) is 0 Å². The number of aliphatic hydroxyl groups is 1. The molecule has 1 aliphatic rings. The van der Waals surface area contributed by atoms with Gasteiger partial charge in [-0.3, -0.25) is 0 Å². The van der Waals surface area contributed by atoms with Gasteiger partial charge in [0, 0.05) is 6.20 Å². The van der Waals surface area contributed by atoms with E-state index < -0.39 is 5.60 Å². The summed E-state index contributed by atoms with van der Waals surface area (Å²) in [5.74, 6) is 0.562. The van der Waals surface area contributed by atoms with Crippen molar-refractivity contribution >= 4 is 16.5 Å². The van der Waals surface area contributed by atoms with Gasteiger partial charge in [-0.2, -0.15) is 0 Å². The van der Waals surface area contributed by atoms with Gasteiger partial charge in [0.2, 0.25) is 0 Å². The minimum atomic E-state index is -0.722. The van der Waals surface area contributed by atoms with Crippen LogP contribution in [-0.2, 0) is 5.60 Å². The quantitative estimate of drug-likeness (QED) is 0.883. The van der Waals surface area contributed by atoms with Crippen LogP contribution in [0.1, 0.15) is 42.0 Å². The van der Waals surface area contributed by atoms with Crippen LogP contribution in [0.3, 0.4) is 0 Å². The lowest BCUT2D eigenvalue weighted by Gasteiger charge is -2.35. The second-order valence-electron chi connectivity index (χ2n) is 5.28. The molecule has 1 aromatic carbocycles. The SMILES string of the molecule is Nc1ncc(C2(O)CCC(c3ccccc3)CC2)s1. The van der Waals surface area contributed by atoms with Gasteiger partial charge < -0.3 is 10.8 Å². The van der Waals surface area contributed by atoms with Crippen molar-refractivity contribution in [3.8, 4) is 0 Å². The Hall–Kier alpha value is -1.39. The first kappa shape index (κ1) is 12.6. The van der Waals surface area contributed by atoms with E-state index in [0.717, 1.165) is 30.6 Å². The predicted octanol–water partition coefficient (Wildman–Crippen LogP) is 3.27. The van der Waals surface area contributed by atoms with Crippen molar-refractivity contribution in [2.24, 2.45) is 0 Å². The van der Waals surface area contributed by atoms with E-state index in [-0.39, 0.29) is 0 Å². The second-order valence-corrected chi connectivity index (χ2v) is 6.34. The van der Waals surface area contributed by atoms with Crippen LogP contribution >= 0.6 is 11.3 Å². The van der Waals surface area contributed by atoms with E-state index in [1.165, 1.54) is 16.9 Å². The smallest absolute Gasteiger partial charge is 0.180 e. The van der Waals surface area contributed by atoms with Gasteiger partial charge in [0.25, 0.3) is 0 Å². The number of hydrogen-bond donors (Lipinski definition) is 2. The third-order valence-corrected chi connectivity index (χ3v) is 5.09. The molecule has 0 atom stereocenters. The van der Waals surface area contributed by atoms with Crippen LogP contribution in [-0.4, -0.2) is 10.1 Å². The highest BCUT2D eigenvalue weighted by Crippen LogP contribution is 2.44. The Labute approximate surface area is 117 Å². The maximum atomic E-state index is 10.7. The topological polar surface area (TPSA) is 59.1 Å². The molecule has 4 heteroatoms. The van der Waals surface area contributed by atoms with E-state index in [2.05, 4.69) is 29.2 Å². The number of anilines is 1. The first-order valence-electron chi connectivity index (χ1n) is 6.66. The molecule has 3 rings (SSSR count). The van der Waals surface area contributed by atoms with Crippen LogP contribution in [0.5, 0.6) is 0 Å². The summed E-state index contributed by atoms with van der Waals surface area (Å²) in [6.45, 7) is 0. The molecule has 0 amide bonds. The molecule has 0 bridgehead atoms. The number of nitrogen functional groups attached to an aromatic ring is 1. The zero-order chi connectivity index (χ0) is 13.3. The minimum absolute atomic E-state index is 0.536. The van der Waals surface area contributed by atoms with Crippen LogP contribution in [0.4, 0.5) is 5.13 Å². The Morgan fingerprint density at radius 1 is 1.21 bits per heavy atom. The van der Waals surface area contributed by atoms with Crippen LogP contribution < -0.4 is 5.73 Å². The summed E-state index contributed by atoms with van der Waals surface area (Å²) in [6, 6.07) is 10.6. The standard InChI is InChI=1S/C15H18N2OS/c16-14-17-10-13(19-14)15(18)8-6-12(7-9-15)11-4-2-1-3-5-11/h1-5,10,12,18H,6-9H2,(H2,16,17). The fraction of sp³-hybridized carbons (Fsp3) is 0.400. The van der Waals surface area contributed by atoms with Crippen LogP contribution in [0.2, 0.25) is 0 Å². The summed E-state index contributed by atoms with van der Waals surface area (Å²) in [4.78, 5) is 4.96. The molecule has 0 saturated heterocycles. The van der Waals surface area contributed by atoms with E-state index in [9.17, 15) is 5.11 Å². The number of nitrogens with two attached hydrogens (primary N) is 1. The Bertz CT molecular complexity index is 544. The van der Waals surface area contributed by atoms with Crippen molar-refractivity contribution in [2.45, 2.75) is 37.2 Å². The summed E-state index contributed by atoms with van der Waals surface area (Å²) in [6.07, 6.45) is 5.32. The number of rotatable bonds is 2. The van der Waals surface area contributed by atoms with Crippen molar-refractivity contribution < 1.29 is 5.11 Å². The highest BCUT2D eigenvalue weighted by molar-refractivity contribution is 7.15. The lowest BCUT2D eigenvalue weighted by Crippen LogP contribution is -2.30. The Morgan fingerprint density at radius 3 is 2.47 bits per heavy atom. The van der Waals surface area contributed by atoms with E-state index >= 15 is 0 Å². The number of thiazole rings is 1. The third-order valence-electron chi connectivity index (χ3n) is 4.07. The molecule has 1 heterocycles. The van der Waals surface area contributed by atoms with Gasteiger partial charge in [0.1, 0.15) is 5.60 Å². The third kappa shape index (κ3) is 2.51. The molecule has 0 radical (unpaired) electrons. The van der Waals surface area contributed by atoms with E-state index in [4.69, 9.17) is 5.73 Å². The number of nitrogens with zero attached hydrogens (tertiary/aromatic N) is 1. The Balaban J connectivity index is 1.72. The van der Waals surface area contributed by atoms with Crippen molar-refractivity contribution in [2.75, 3.05) is 5.73 Å². The van der Waals surface area contributed by atoms with E-state index in [1.54, 1.807) is 6.20 Å². The zero-order valence-corrected chi connectivity index (χ0v) is 11.6. The normalized spacial score (nSPS) is 27.3. The fourth-order valence-electron chi connectivity index (χ4n) is 2.90. The molecule has 1 fully saturated rings. The van der Waals surface area contributed by atoms with Crippen LogP contribution in [0.25, 0.3) is 0 Å². The summed E-state index contributed by atoms with van der Waals surface area (Å²) in [5, 5.41) is 11.3. The van der Waals surface area contributed by atoms with Crippen molar-refractivity contribution in [1.82, 2.24) is 4.98 Å². The van der Waals surface area contributed by atoms with Gasteiger partial charge in [-0.15, -0.1) is 0 Å². The summed E-state index contributed by atoms with van der Waals surface area (Å²) in [5.41, 5.74) is 6.32. The van der Waals surface area contributed by atoms with E-state index in [0.29, 0.717) is 11.0 Å². The first-order valence-corrected chi connectivity index (χ1v) is 7.48. The molecule has 3 nitrogen and oxygen atoms in total. The molecule has 19 heavy (non-hydrogen) atoms. The Morgan fingerprint density at radius 2 is 1.89 bits per heavy atom. The molecule has 1 saturated carbocycles. The molecule has 0 unspecified atom stereocenters. The lowest BCUT2D eigenvalue weighted by molar-refractivity contribution is -0.00246. The summed E-state index contributed by atoms with van der Waals surface area (Å²) >= 11 is 1.41. The summed E-state index contributed by atoms with van der Waals surface area (Å²) < 4.78 is 0. The molecule has 1 aliphatic carbocycles. The van der Waals surface area contributed by atoms with Crippen molar-refractivity contribution in [1.29, 1.82) is 0 Å². The molecule has 100 valence electrons. The average molecular weight is 274 g/mol. The molecule has 1 aromatic heterocycles. The van der Waals surface area contributed by atoms with Gasteiger partial charge >= 0.3 is 0 Å². The highest BCUT2D eigenvalue weighted by atomic mass is 32.1. The molecular weight excluding hydrogens is 256 g/mol. The number of aromatic nitrogens is 1. The Kier molecular flexibility index (Phi) is 3.29. The maximum Gasteiger partial charge on any atom is 0.180 e. The predicted molar refractivity (Wildman–Crippen MR) is 78.1 cm³/mol. The highest BCUT2D eigenvalue weighted by Gasteiger charge is 2.36. The lowest BCUT2D eigenvalue weighted by atomic mass is 9.75. The fourth-order valence-corrected chi connectivity index (χ4v) is 3.73. The van der Waals surface area contributed by atoms with Gasteiger partial charge in [-0.25, -0.2) is 4.98 Å². The van der Waals surface area contributed by atoms with Gasteiger partial charge in [-0.1, -0.05) is 41.7 Å². The number of hydrogen-bond acceptors (Lipinski definition) is 4. The molecule has 0 spiro atoms. The maximum absolute atomic E-state index is 10.7. The van der Waals surface area contributed by atoms with Gasteiger partial charge in [-0.05, 0) is 37.2 Å². The molecule has 0 aliphatic heterocycles. The monoisotopic (exact) mass is 274 g/mol. The zero-order valence-electron chi connectivity index (χ0n) is 10.7.